The molecule has 2 aromatic carbocycles. The molecule has 0 atom stereocenters. The third-order valence-corrected chi connectivity index (χ3v) is 3.65. The first-order valence-electron chi connectivity index (χ1n) is 6.70. The molecule has 23 heavy (non-hydrogen) atoms. The Bertz CT molecular complexity index is 817. The zero-order valence-electron chi connectivity index (χ0n) is 11.8. The van der Waals surface area contributed by atoms with Crippen LogP contribution in [-0.2, 0) is 6.54 Å². The summed E-state index contributed by atoms with van der Waals surface area (Å²) in [6.45, 7) is 0.152. The summed E-state index contributed by atoms with van der Waals surface area (Å²) in [7, 11) is 0. The van der Waals surface area contributed by atoms with Crippen LogP contribution in [0.15, 0.2) is 53.0 Å². The van der Waals surface area contributed by atoms with Gasteiger partial charge in [-0.25, -0.2) is 4.39 Å². The third kappa shape index (κ3) is 3.59. The van der Waals surface area contributed by atoms with Crippen LogP contribution in [0.3, 0.4) is 0 Å². The van der Waals surface area contributed by atoms with Crippen LogP contribution < -0.4 is 5.32 Å². The number of carbonyl (C=O) groups excluding carboxylic acids is 1. The first kappa shape index (κ1) is 15.3. The second-order valence-corrected chi connectivity index (χ2v) is 5.59. The van der Waals surface area contributed by atoms with E-state index in [2.05, 4.69) is 36.8 Å². The highest BCUT2D eigenvalue weighted by Gasteiger charge is 2.11. The van der Waals surface area contributed by atoms with Crippen molar-refractivity contribution in [2.75, 3.05) is 0 Å². The molecule has 116 valence electrons. The lowest BCUT2D eigenvalue weighted by molar-refractivity contribution is 0.0949. The summed E-state index contributed by atoms with van der Waals surface area (Å²) in [5, 5.41) is 14.2. The Balaban J connectivity index is 1.72. The number of benzene rings is 2. The van der Waals surface area contributed by atoms with Crippen LogP contribution in [-0.4, -0.2) is 26.1 Å². The standard InChI is InChI=1S/C15H11BrFN5O/c16-11-3-7-13(8-4-11)22-14(19-20-21-22)9-18-15(23)10-1-5-12(17)6-2-10/h1-8H,9H2,(H,18,23). The van der Waals surface area contributed by atoms with E-state index in [0.29, 0.717) is 11.4 Å². The van der Waals surface area contributed by atoms with E-state index >= 15 is 0 Å². The molecule has 0 bridgehead atoms. The van der Waals surface area contributed by atoms with E-state index in [4.69, 9.17) is 0 Å². The highest BCUT2D eigenvalue weighted by atomic mass is 79.9. The van der Waals surface area contributed by atoms with Gasteiger partial charge in [0.25, 0.3) is 5.91 Å². The van der Waals surface area contributed by atoms with Gasteiger partial charge in [0.05, 0.1) is 12.2 Å². The predicted molar refractivity (Wildman–Crippen MR) is 84.4 cm³/mol. The average Bonchev–Trinajstić information content (AvgIpc) is 3.02. The van der Waals surface area contributed by atoms with Gasteiger partial charge in [0.15, 0.2) is 5.82 Å². The zero-order chi connectivity index (χ0) is 16.2. The van der Waals surface area contributed by atoms with Gasteiger partial charge in [0.2, 0.25) is 0 Å². The smallest absolute Gasteiger partial charge is 0.251 e. The average molecular weight is 376 g/mol. The summed E-state index contributed by atoms with van der Waals surface area (Å²) in [6, 6.07) is 12.8. The fourth-order valence-corrected chi connectivity index (χ4v) is 2.23. The largest absolute Gasteiger partial charge is 0.345 e. The van der Waals surface area contributed by atoms with Crippen LogP contribution >= 0.6 is 15.9 Å². The lowest BCUT2D eigenvalue weighted by Gasteiger charge is -2.06. The Kier molecular flexibility index (Phi) is 4.42. The Hall–Kier alpha value is -2.61. The molecule has 1 amide bonds. The van der Waals surface area contributed by atoms with Gasteiger partial charge in [-0.15, -0.1) is 5.10 Å². The molecule has 0 saturated carbocycles. The number of nitrogens with zero attached hydrogens (tertiary/aromatic N) is 4. The van der Waals surface area contributed by atoms with Crippen LogP contribution in [0.25, 0.3) is 5.69 Å². The van der Waals surface area contributed by atoms with Crippen molar-refractivity contribution < 1.29 is 9.18 Å². The van der Waals surface area contributed by atoms with Crippen molar-refractivity contribution in [2.45, 2.75) is 6.54 Å². The first-order valence-corrected chi connectivity index (χ1v) is 7.50. The maximum absolute atomic E-state index is 12.9. The lowest BCUT2D eigenvalue weighted by atomic mass is 10.2. The number of carbonyl (C=O) groups is 1. The van der Waals surface area contributed by atoms with E-state index in [-0.39, 0.29) is 18.3 Å². The van der Waals surface area contributed by atoms with Crippen LogP contribution in [0, 0.1) is 5.82 Å². The van der Waals surface area contributed by atoms with E-state index in [0.717, 1.165) is 10.2 Å². The summed E-state index contributed by atoms with van der Waals surface area (Å²) in [4.78, 5) is 12.0. The van der Waals surface area contributed by atoms with E-state index < -0.39 is 0 Å². The second-order valence-electron chi connectivity index (χ2n) is 4.67. The van der Waals surface area contributed by atoms with Gasteiger partial charge in [-0.05, 0) is 59.0 Å². The maximum Gasteiger partial charge on any atom is 0.251 e. The molecular formula is C15H11BrFN5O. The Labute approximate surface area is 139 Å². The lowest BCUT2D eigenvalue weighted by Crippen LogP contribution is -2.24. The molecule has 6 nitrogen and oxygen atoms in total. The first-order chi connectivity index (χ1) is 11.1. The Morgan fingerprint density at radius 3 is 2.52 bits per heavy atom. The van der Waals surface area contributed by atoms with Crippen molar-refractivity contribution in [3.8, 4) is 5.69 Å². The van der Waals surface area contributed by atoms with E-state index in [1.165, 1.54) is 28.9 Å². The third-order valence-electron chi connectivity index (χ3n) is 3.12. The normalized spacial score (nSPS) is 10.5. The SMILES string of the molecule is O=C(NCc1nnnn1-c1ccc(Br)cc1)c1ccc(F)cc1. The quantitative estimate of drug-likeness (QED) is 0.760. The number of tetrazole rings is 1. The molecule has 0 aliphatic heterocycles. The molecule has 1 aromatic heterocycles. The zero-order valence-corrected chi connectivity index (χ0v) is 13.4. The van der Waals surface area contributed by atoms with E-state index in [1.54, 1.807) is 0 Å². The number of amides is 1. The Morgan fingerprint density at radius 1 is 1.13 bits per heavy atom. The minimum absolute atomic E-state index is 0.152. The van der Waals surface area contributed by atoms with Crippen molar-refractivity contribution in [3.63, 3.8) is 0 Å². The van der Waals surface area contributed by atoms with Gasteiger partial charge in [-0.3, -0.25) is 4.79 Å². The molecule has 0 aliphatic rings. The van der Waals surface area contributed by atoms with E-state index in [9.17, 15) is 9.18 Å². The number of hydrogen-bond donors (Lipinski definition) is 1. The minimum Gasteiger partial charge on any atom is -0.345 e. The van der Waals surface area contributed by atoms with Gasteiger partial charge in [-0.1, -0.05) is 15.9 Å². The molecule has 3 rings (SSSR count). The molecule has 0 aliphatic carbocycles. The molecule has 1 N–H and O–H groups in total. The van der Waals surface area contributed by atoms with Gasteiger partial charge >= 0.3 is 0 Å². The molecule has 0 saturated heterocycles. The summed E-state index contributed by atoms with van der Waals surface area (Å²) in [5.41, 5.74) is 1.15. The van der Waals surface area contributed by atoms with Crippen LogP contribution in [0.1, 0.15) is 16.2 Å². The van der Waals surface area contributed by atoms with Crippen molar-refractivity contribution in [1.82, 2.24) is 25.5 Å². The van der Waals surface area contributed by atoms with Crippen molar-refractivity contribution in [1.29, 1.82) is 0 Å². The van der Waals surface area contributed by atoms with Gasteiger partial charge < -0.3 is 5.32 Å². The van der Waals surface area contributed by atoms with Gasteiger partial charge in [0.1, 0.15) is 5.82 Å². The van der Waals surface area contributed by atoms with Gasteiger partial charge in [0, 0.05) is 10.0 Å². The predicted octanol–water partition coefficient (Wildman–Crippen LogP) is 2.49. The monoisotopic (exact) mass is 375 g/mol. The molecule has 0 spiro atoms. The molecule has 3 aromatic rings. The van der Waals surface area contributed by atoms with Crippen LogP contribution in [0.4, 0.5) is 4.39 Å². The number of hydrogen-bond acceptors (Lipinski definition) is 4. The highest BCUT2D eigenvalue weighted by Crippen LogP contribution is 2.14. The number of nitrogens with one attached hydrogen (secondary N) is 1. The van der Waals surface area contributed by atoms with Crippen LogP contribution in [0.5, 0.6) is 0 Å². The second kappa shape index (κ2) is 6.66. The molecule has 0 radical (unpaired) electrons. The Morgan fingerprint density at radius 2 is 1.83 bits per heavy atom. The van der Waals surface area contributed by atoms with Crippen molar-refractivity contribution in [3.05, 3.63) is 70.2 Å². The fraction of sp³-hybridized carbons (Fsp3) is 0.0667. The number of aromatic nitrogens is 4. The van der Waals surface area contributed by atoms with Gasteiger partial charge in [-0.2, -0.15) is 4.68 Å². The summed E-state index contributed by atoms with van der Waals surface area (Å²) < 4.78 is 15.3. The molecule has 1 heterocycles. The molecule has 8 heteroatoms. The van der Waals surface area contributed by atoms with E-state index in [1.807, 2.05) is 24.3 Å². The van der Waals surface area contributed by atoms with Crippen molar-refractivity contribution in [2.24, 2.45) is 0 Å². The fourth-order valence-electron chi connectivity index (χ4n) is 1.96. The molecular weight excluding hydrogens is 365 g/mol. The summed E-state index contributed by atoms with van der Waals surface area (Å²) in [5.74, 6) is -0.223. The van der Waals surface area contributed by atoms with Crippen molar-refractivity contribution >= 4 is 21.8 Å². The maximum atomic E-state index is 12.9. The molecule has 0 unspecified atom stereocenters. The molecule has 0 fully saturated rings. The van der Waals surface area contributed by atoms with Crippen LogP contribution in [0.2, 0.25) is 0 Å². The summed E-state index contributed by atoms with van der Waals surface area (Å²) in [6.07, 6.45) is 0. The minimum atomic E-state index is -0.388. The number of rotatable bonds is 4. The number of halogens is 2. The topological polar surface area (TPSA) is 72.7 Å². The summed E-state index contributed by atoms with van der Waals surface area (Å²) >= 11 is 3.36. The highest BCUT2D eigenvalue weighted by molar-refractivity contribution is 9.10.